The molecule has 19 heteroatoms. The van der Waals surface area contributed by atoms with E-state index in [1.807, 2.05) is 0 Å². The number of aliphatic hydroxyl groups is 1. The smallest absolute Gasteiger partial charge is 0.462 e. The van der Waals surface area contributed by atoms with Crippen molar-refractivity contribution in [3.8, 4) is 0 Å². The lowest BCUT2D eigenvalue weighted by molar-refractivity contribution is -0.161. The Kier molecular flexibility index (Phi) is 66.8. The molecule has 0 spiro atoms. The van der Waals surface area contributed by atoms with Crippen molar-refractivity contribution in [1.29, 1.82) is 0 Å². The van der Waals surface area contributed by atoms with Crippen LogP contribution in [-0.2, 0) is 65.4 Å². The third-order valence-corrected chi connectivity index (χ3v) is 19.4. The third kappa shape index (κ3) is 68.6. The molecule has 0 aliphatic heterocycles. The van der Waals surface area contributed by atoms with E-state index in [-0.39, 0.29) is 25.7 Å². The summed E-state index contributed by atoms with van der Waals surface area (Å²) in [6, 6.07) is 0. The number of phosphoric acid groups is 2. The average molecular weight is 1380 g/mol. The molecule has 0 fully saturated rings. The summed E-state index contributed by atoms with van der Waals surface area (Å²) >= 11 is 0. The van der Waals surface area contributed by atoms with E-state index in [2.05, 4.69) is 34.6 Å². The monoisotopic (exact) mass is 1380 g/mol. The number of rotatable bonds is 75. The highest BCUT2D eigenvalue weighted by Crippen LogP contribution is 2.45. The van der Waals surface area contributed by atoms with Gasteiger partial charge in [-0.2, -0.15) is 0 Å². The normalized spacial score (nSPS) is 14.0. The molecule has 0 saturated carbocycles. The Hall–Kier alpha value is -1.94. The highest BCUT2D eigenvalue weighted by Gasteiger charge is 2.30. The van der Waals surface area contributed by atoms with Gasteiger partial charge in [0.2, 0.25) is 0 Å². The number of carbonyl (C=O) groups excluding carboxylic acids is 4. The maximum atomic E-state index is 13.1. The summed E-state index contributed by atoms with van der Waals surface area (Å²) in [5.41, 5.74) is 0. The van der Waals surface area contributed by atoms with E-state index in [0.29, 0.717) is 25.7 Å². The lowest BCUT2D eigenvalue weighted by Gasteiger charge is -2.21. The van der Waals surface area contributed by atoms with Crippen molar-refractivity contribution in [2.75, 3.05) is 39.6 Å². The van der Waals surface area contributed by atoms with Gasteiger partial charge in [-0.15, -0.1) is 0 Å². The molecule has 0 radical (unpaired) electrons. The quantitative estimate of drug-likeness (QED) is 0.0222. The summed E-state index contributed by atoms with van der Waals surface area (Å²) in [6.07, 6.45) is 56.8. The summed E-state index contributed by atoms with van der Waals surface area (Å²) in [7, 11) is -9.91. The van der Waals surface area contributed by atoms with Crippen molar-refractivity contribution in [3.63, 3.8) is 0 Å². The van der Waals surface area contributed by atoms with Crippen molar-refractivity contribution in [2.45, 2.75) is 412 Å². The number of unbranched alkanes of at least 4 members (excludes halogenated alkanes) is 47. The first-order valence-corrected chi connectivity index (χ1v) is 42.1. The van der Waals surface area contributed by atoms with Gasteiger partial charge in [-0.3, -0.25) is 37.3 Å². The molecule has 0 aromatic heterocycles. The van der Waals surface area contributed by atoms with Crippen LogP contribution in [0.4, 0.5) is 0 Å². The van der Waals surface area contributed by atoms with E-state index in [4.69, 9.17) is 37.0 Å². The van der Waals surface area contributed by atoms with E-state index < -0.39 is 97.5 Å². The van der Waals surface area contributed by atoms with E-state index in [9.17, 15) is 43.2 Å². The molecule has 3 N–H and O–H groups in total. The van der Waals surface area contributed by atoms with Crippen LogP contribution in [0.1, 0.15) is 394 Å². The molecule has 0 aromatic rings. The van der Waals surface area contributed by atoms with Crippen LogP contribution >= 0.6 is 15.6 Å². The number of esters is 4. The molecule has 0 aliphatic carbocycles. The minimum Gasteiger partial charge on any atom is -0.462 e. The fraction of sp³-hybridized carbons (Fsp3) is 0.947. The van der Waals surface area contributed by atoms with Crippen molar-refractivity contribution in [3.05, 3.63) is 0 Å². The molecule has 0 aromatic carbocycles. The van der Waals surface area contributed by atoms with Crippen LogP contribution in [-0.4, -0.2) is 96.7 Å². The second-order valence-corrected chi connectivity index (χ2v) is 30.4. The first-order chi connectivity index (χ1) is 45.5. The lowest BCUT2D eigenvalue weighted by atomic mass is 10.0. The van der Waals surface area contributed by atoms with Crippen molar-refractivity contribution < 1.29 is 80.2 Å². The average Bonchev–Trinajstić information content (AvgIpc) is 1.44. The molecule has 0 rings (SSSR count). The summed E-state index contributed by atoms with van der Waals surface area (Å²) in [5.74, 6) is -1.38. The molecule has 0 saturated heterocycles. The van der Waals surface area contributed by atoms with Gasteiger partial charge >= 0.3 is 39.5 Å². The van der Waals surface area contributed by atoms with Gasteiger partial charge in [-0.1, -0.05) is 343 Å². The SMILES string of the molecule is CCCCCCCCCCCCCCCCCCCCC(=O)O[C@H](COC(=O)CCCCCCCCCCCCCCCC)COP(=O)(O)OC[C@@H](O)COP(=O)(O)OC[C@@H](COC(=O)CCCCCCCCCCCC)OC(=O)CCCCCCCCCCCC(C)C. The minimum absolute atomic E-state index is 0.106. The molecular weight excluding hydrogens is 1230 g/mol. The number of carbonyl (C=O) groups is 4. The minimum atomic E-state index is -4.96. The fourth-order valence-corrected chi connectivity index (χ4v) is 13.1. The van der Waals surface area contributed by atoms with Crippen LogP contribution in [0.15, 0.2) is 0 Å². The van der Waals surface area contributed by atoms with Gasteiger partial charge in [-0.05, 0) is 31.6 Å². The van der Waals surface area contributed by atoms with Crippen LogP contribution in [0.3, 0.4) is 0 Å². The first-order valence-electron chi connectivity index (χ1n) is 39.1. The van der Waals surface area contributed by atoms with Gasteiger partial charge in [0.1, 0.15) is 19.3 Å². The van der Waals surface area contributed by atoms with Gasteiger partial charge in [0.15, 0.2) is 12.2 Å². The summed E-state index contributed by atoms with van der Waals surface area (Å²) in [4.78, 5) is 72.7. The Morgan fingerprint density at radius 1 is 0.287 bits per heavy atom. The second-order valence-electron chi connectivity index (χ2n) is 27.5. The predicted octanol–water partition coefficient (Wildman–Crippen LogP) is 22.1. The number of phosphoric ester groups is 2. The molecule has 0 heterocycles. The Bertz CT molecular complexity index is 1810. The third-order valence-electron chi connectivity index (χ3n) is 17.5. The topological polar surface area (TPSA) is 237 Å². The molecule has 0 bridgehead atoms. The molecule has 5 atom stereocenters. The van der Waals surface area contributed by atoms with Crippen LogP contribution in [0.25, 0.3) is 0 Å². The van der Waals surface area contributed by atoms with Gasteiger partial charge in [0.25, 0.3) is 0 Å². The van der Waals surface area contributed by atoms with Gasteiger partial charge in [0, 0.05) is 25.7 Å². The molecular formula is C75H146O17P2. The molecule has 94 heavy (non-hydrogen) atoms. The number of aliphatic hydroxyl groups excluding tert-OH is 1. The molecule has 2 unspecified atom stereocenters. The zero-order valence-corrected chi connectivity index (χ0v) is 62.9. The lowest BCUT2D eigenvalue weighted by Crippen LogP contribution is -2.30. The van der Waals surface area contributed by atoms with Crippen LogP contribution in [0.5, 0.6) is 0 Å². The Morgan fingerprint density at radius 2 is 0.489 bits per heavy atom. The number of hydrogen-bond donors (Lipinski definition) is 3. The number of ether oxygens (including phenoxy) is 4. The van der Waals surface area contributed by atoms with Gasteiger partial charge in [-0.25, -0.2) is 9.13 Å². The Morgan fingerprint density at radius 3 is 0.723 bits per heavy atom. The van der Waals surface area contributed by atoms with Crippen molar-refractivity contribution >= 4 is 39.5 Å². The van der Waals surface area contributed by atoms with Crippen LogP contribution in [0, 0.1) is 5.92 Å². The largest absolute Gasteiger partial charge is 0.472 e. The Balaban J connectivity index is 5.23. The van der Waals surface area contributed by atoms with E-state index in [1.54, 1.807) is 0 Å². The highest BCUT2D eigenvalue weighted by molar-refractivity contribution is 7.47. The van der Waals surface area contributed by atoms with Crippen molar-refractivity contribution in [1.82, 2.24) is 0 Å². The van der Waals surface area contributed by atoms with Gasteiger partial charge in [0.05, 0.1) is 26.4 Å². The van der Waals surface area contributed by atoms with Crippen LogP contribution in [0.2, 0.25) is 0 Å². The molecule has 558 valence electrons. The fourth-order valence-electron chi connectivity index (χ4n) is 11.5. The summed E-state index contributed by atoms with van der Waals surface area (Å²) in [6.45, 7) is 7.26. The Labute approximate surface area is 575 Å². The maximum absolute atomic E-state index is 13.1. The van der Waals surface area contributed by atoms with Crippen molar-refractivity contribution in [2.24, 2.45) is 5.92 Å². The standard InChI is InChI=1S/C75H146O17P2/c1-6-9-12-15-18-21-24-26-28-29-30-31-33-35-40-45-50-55-60-74(79)91-70(65-86-73(78)59-54-49-44-39-34-32-27-25-22-19-16-13-10-7-2)66-89-93(81,82)87-62-69(76)63-88-94(83,84)90-67-71(64-85-72(77)58-53-48-43-38-23-20-17-14-11-8-3)92-75(80)61-56-51-46-41-36-37-42-47-52-57-68(4)5/h68-71,76H,6-67H2,1-5H3,(H,81,82)(H,83,84)/t69-,70-,71-/m1/s1. The highest BCUT2D eigenvalue weighted by atomic mass is 31.2. The maximum Gasteiger partial charge on any atom is 0.472 e. The van der Waals surface area contributed by atoms with Crippen LogP contribution < -0.4 is 0 Å². The number of hydrogen-bond acceptors (Lipinski definition) is 15. The zero-order chi connectivity index (χ0) is 69.1. The first kappa shape index (κ1) is 92.1. The predicted molar refractivity (Wildman–Crippen MR) is 382 cm³/mol. The molecule has 0 aliphatic rings. The summed E-state index contributed by atoms with van der Waals surface area (Å²) < 4.78 is 68.5. The summed E-state index contributed by atoms with van der Waals surface area (Å²) in [5, 5.41) is 10.6. The molecule has 0 amide bonds. The van der Waals surface area contributed by atoms with Gasteiger partial charge < -0.3 is 33.8 Å². The van der Waals surface area contributed by atoms with E-state index >= 15 is 0 Å². The second kappa shape index (κ2) is 68.2. The molecule has 17 nitrogen and oxygen atoms in total. The zero-order valence-electron chi connectivity index (χ0n) is 61.1. The van der Waals surface area contributed by atoms with E-state index in [0.717, 1.165) is 95.8 Å². The van der Waals surface area contributed by atoms with E-state index in [1.165, 1.54) is 218 Å².